The highest BCUT2D eigenvalue weighted by Gasteiger charge is 2.19. The highest BCUT2D eigenvalue weighted by Crippen LogP contribution is 2.31. The molecule has 1 saturated carbocycles. The van der Waals surface area contributed by atoms with E-state index in [1.165, 1.54) is 24.8 Å². The van der Waals surface area contributed by atoms with Crippen molar-refractivity contribution in [3.8, 4) is 0 Å². The van der Waals surface area contributed by atoms with Gasteiger partial charge in [0.25, 0.3) is 0 Å². The van der Waals surface area contributed by atoms with Gasteiger partial charge in [-0.05, 0) is 24.8 Å². The summed E-state index contributed by atoms with van der Waals surface area (Å²) in [6.45, 7) is 7.57. The van der Waals surface area contributed by atoms with Gasteiger partial charge in [0.1, 0.15) is 0 Å². The molecule has 1 aliphatic rings. The Kier molecular flexibility index (Phi) is 3.99. The second kappa shape index (κ2) is 5.48. The fraction of sp³-hybridized carbons (Fsp3) is 0.769. The van der Waals surface area contributed by atoms with Crippen LogP contribution in [0.25, 0.3) is 0 Å². The van der Waals surface area contributed by atoms with Crippen LogP contribution >= 0.6 is 0 Å². The number of nitrogens with zero attached hydrogens (tertiary/aromatic N) is 2. The predicted octanol–water partition coefficient (Wildman–Crippen LogP) is 2.43. The highest BCUT2D eigenvalue weighted by molar-refractivity contribution is 5.03. The topological polar surface area (TPSA) is 29.9 Å². The van der Waals surface area contributed by atoms with Crippen LogP contribution in [0, 0.1) is 11.8 Å². The van der Waals surface area contributed by atoms with Crippen LogP contribution in [0.3, 0.4) is 0 Å². The first-order valence-electron chi connectivity index (χ1n) is 6.46. The van der Waals surface area contributed by atoms with Crippen LogP contribution < -0.4 is 5.32 Å². The van der Waals surface area contributed by atoms with Gasteiger partial charge in [-0.3, -0.25) is 4.68 Å². The molecule has 3 nitrogen and oxygen atoms in total. The fourth-order valence-corrected chi connectivity index (χ4v) is 1.92. The molecule has 0 unspecified atom stereocenters. The molecule has 0 aromatic carbocycles. The quantitative estimate of drug-likeness (QED) is 0.717. The van der Waals surface area contributed by atoms with Crippen molar-refractivity contribution in [3.05, 3.63) is 18.0 Å². The van der Waals surface area contributed by atoms with E-state index in [2.05, 4.69) is 30.5 Å². The molecule has 1 aromatic heterocycles. The summed E-state index contributed by atoms with van der Waals surface area (Å²) in [5.74, 6) is 1.69. The highest BCUT2D eigenvalue weighted by atomic mass is 15.3. The Hall–Kier alpha value is -0.830. The van der Waals surface area contributed by atoms with E-state index in [-0.39, 0.29) is 0 Å². The van der Waals surface area contributed by atoms with Crippen molar-refractivity contribution in [1.82, 2.24) is 15.1 Å². The SMILES string of the molecule is CC(C)Cn1cc(CNCCC2CC2)cn1. The Balaban J connectivity index is 1.65. The van der Waals surface area contributed by atoms with Gasteiger partial charge >= 0.3 is 0 Å². The van der Waals surface area contributed by atoms with Gasteiger partial charge in [0.15, 0.2) is 0 Å². The van der Waals surface area contributed by atoms with Gasteiger partial charge in [0.2, 0.25) is 0 Å². The smallest absolute Gasteiger partial charge is 0.0534 e. The monoisotopic (exact) mass is 221 g/mol. The maximum Gasteiger partial charge on any atom is 0.0534 e. The van der Waals surface area contributed by atoms with Gasteiger partial charge in [-0.15, -0.1) is 0 Å². The Morgan fingerprint density at radius 1 is 1.50 bits per heavy atom. The van der Waals surface area contributed by atoms with E-state index in [0.29, 0.717) is 5.92 Å². The van der Waals surface area contributed by atoms with Crippen LogP contribution in [0.15, 0.2) is 12.4 Å². The van der Waals surface area contributed by atoms with Crippen molar-refractivity contribution in [1.29, 1.82) is 0 Å². The molecule has 0 aliphatic heterocycles. The van der Waals surface area contributed by atoms with Gasteiger partial charge in [-0.1, -0.05) is 26.7 Å². The third-order valence-electron chi connectivity index (χ3n) is 2.99. The molecule has 0 atom stereocenters. The summed E-state index contributed by atoms with van der Waals surface area (Å²) in [5.41, 5.74) is 1.30. The lowest BCUT2D eigenvalue weighted by molar-refractivity contribution is 0.482. The van der Waals surface area contributed by atoms with Crippen LogP contribution in [-0.4, -0.2) is 16.3 Å². The van der Waals surface area contributed by atoms with Crippen LogP contribution in [0.2, 0.25) is 0 Å². The summed E-state index contributed by atoms with van der Waals surface area (Å²) in [4.78, 5) is 0. The molecule has 0 bridgehead atoms. The zero-order chi connectivity index (χ0) is 11.4. The lowest BCUT2D eigenvalue weighted by Gasteiger charge is -2.04. The van der Waals surface area contributed by atoms with E-state index in [1.807, 2.05) is 10.9 Å². The van der Waals surface area contributed by atoms with Gasteiger partial charge in [-0.25, -0.2) is 0 Å². The molecular weight excluding hydrogens is 198 g/mol. The molecule has 2 rings (SSSR count). The molecule has 90 valence electrons. The molecule has 0 saturated heterocycles. The second-order valence-corrected chi connectivity index (χ2v) is 5.37. The van der Waals surface area contributed by atoms with Gasteiger partial charge < -0.3 is 5.32 Å². The van der Waals surface area contributed by atoms with E-state index in [4.69, 9.17) is 0 Å². The van der Waals surface area contributed by atoms with Crippen LogP contribution in [0.5, 0.6) is 0 Å². The van der Waals surface area contributed by atoms with E-state index >= 15 is 0 Å². The molecule has 1 aliphatic carbocycles. The first-order valence-corrected chi connectivity index (χ1v) is 6.46. The van der Waals surface area contributed by atoms with E-state index < -0.39 is 0 Å². The lowest BCUT2D eigenvalue weighted by Crippen LogP contribution is -2.14. The van der Waals surface area contributed by atoms with Crippen molar-refractivity contribution in [2.75, 3.05) is 6.54 Å². The van der Waals surface area contributed by atoms with Crippen molar-refractivity contribution < 1.29 is 0 Å². The van der Waals surface area contributed by atoms with E-state index in [1.54, 1.807) is 0 Å². The van der Waals surface area contributed by atoms with Gasteiger partial charge in [0.05, 0.1) is 6.20 Å². The molecule has 1 heterocycles. The van der Waals surface area contributed by atoms with E-state index in [0.717, 1.165) is 25.6 Å². The zero-order valence-electron chi connectivity index (χ0n) is 10.4. The van der Waals surface area contributed by atoms with Crippen molar-refractivity contribution in [3.63, 3.8) is 0 Å². The lowest BCUT2D eigenvalue weighted by atomic mass is 10.2. The summed E-state index contributed by atoms with van der Waals surface area (Å²) in [6, 6.07) is 0. The maximum atomic E-state index is 4.36. The number of hydrogen-bond acceptors (Lipinski definition) is 2. The minimum Gasteiger partial charge on any atom is -0.313 e. The van der Waals surface area contributed by atoms with Crippen molar-refractivity contribution in [2.45, 2.75) is 46.2 Å². The van der Waals surface area contributed by atoms with Gasteiger partial charge in [0, 0.05) is 24.8 Å². The summed E-state index contributed by atoms with van der Waals surface area (Å²) >= 11 is 0. The third kappa shape index (κ3) is 3.97. The minimum absolute atomic E-state index is 0.663. The number of rotatable bonds is 7. The van der Waals surface area contributed by atoms with Crippen molar-refractivity contribution >= 4 is 0 Å². The molecule has 3 heteroatoms. The molecule has 1 aromatic rings. The number of nitrogens with one attached hydrogen (secondary N) is 1. The number of aromatic nitrogens is 2. The average molecular weight is 221 g/mol. The first-order chi connectivity index (χ1) is 7.74. The molecule has 0 spiro atoms. The molecular formula is C13H23N3. The standard InChI is InChI=1S/C13H23N3/c1-11(2)9-16-10-13(8-15-16)7-14-6-5-12-3-4-12/h8,10-12,14H,3-7,9H2,1-2H3. The molecule has 0 radical (unpaired) electrons. The average Bonchev–Trinajstić information content (AvgIpc) is 2.95. The molecule has 1 fully saturated rings. The molecule has 1 N–H and O–H groups in total. The van der Waals surface area contributed by atoms with E-state index in [9.17, 15) is 0 Å². The van der Waals surface area contributed by atoms with Crippen molar-refractivity contribution in [2.24, 2.45) is 11.8 Å². The molecule has 0 amide bonds. The fourth-order valence-electron chi connectivity index (χ4n) is 1.92. The van der Waals surface area contributed by atoms with Gasteiger partial charge in [-0.2, -0.15) is 5.10 Å². The number of hydrogen-bond donors (Lipinski definition) is 1. The predicted molar refractivity (Wildman–Crippen MR) is 66.1 cm³/mol. The Morgan fingerprint density at radius 3 is 3.00 bits per heavy atom. The second-order valence-electron chi connectivity index (χ2n) is 5.37. The maximum absolute atomic E-state index is 4.36. The Labute approximate surface area is 98.2 Å². The Bertz CT molecular complexity index is 313. The van der Waals surface area contributed by atoms with Crippen LogP contribution in [0.4, 0.5) is 0 Å². The summed E-state index contributed by atoms with van der Waals surface area (Å²) < 4.78 is 2.04. The van der Waals surface area contributed by atoms with Crippen LogP contribution in [-0.2, 0) is 13.1 Å². The zero-order valence-corrected chi connectivity index (χ0v) is 10.4. The summed E-state index contributed by atoms with van der Waals surface area (Å²) in [5, 5.41) is 7.85. The minimum atomic E-state index is 0.663. The normalized spacial score (nSPS) is 15.9. The largest absolute Gasteiger partial charge is 0.313 e. The molecule has 16 heavy (non-hydrogen) atoms. The summed E-state index contributed by atoms with van der Waals surface area (Å²) in [7, 11) is 0. The third-order valence-corrected chi connectivity index (χ3v) is 2.99. The van der Waals surface area contributed by atoms with Crippen LogP contribution in [0.1, 0.15) is 38.7 Å². The first kappa shape index (κ1) is 11.6. The Morgan fingerprint density at radius 2 is 2.31 bits per heavy atom. The summed E-state index contributed by atoms with van der Waals surface area (Å²) in [6.07, 6.45) is 8.39.